The first kappa shape index (κ1) is 14.8. The molecule has 5 nitrogen and oxygen atoms in total. The fourth-order valence-corrected chi connectivity index (χ4v) is 2.85. The number of carbonyl (C=O) groups excluding carboxylic acids is 1. The monoisotopic (exact) mass is 277 g/mol. The maximum atomic E-state index is 11.4. The summed E-state index contributed by atoms with van der Waals surface area (Å²) in [5, 5.41) is 3.38. The van der Waals surface area contributed by atoms with Crippen LogP contribution in [0.4, 0.5) is 5.82 Å². The van der Waals surface area contributed by atoms with Crippen LogP contribution >= 0.6 is 0 Å². The van der Waals surface area contributed by atoms with Crippen molar-refractivity contribution in [2.45, 2.75) is 51.5 Å². The van der Waals surface area contributed by atoms with Crippen molar-refractivity contribution >= 4 is 11.8 Å². The first-order valence-corrected chi connectivity index (χ1v) is 7.39. The van der Waals surface area contributed by atoms with E-state index in [4.69, 9.17) is 0 Å². The Morgan fingerprint density at radius 3 is 2.75 bits per heavy atom. The van der Waals surface area contributed by atoms with E-state index in [0.717, 1.165) is 18.8 Å². The molecule has 1 aromatic heterocycles. The Bertz CT molecular complexity index is 442. The molecule has 0 atom stereocenters. The highest BCUT2D eigenvalue weighted by atomic mass is 16.5. The van der Waals surface area contributed by atoms with E-state index in [1.54, 1.807) is 6.20 Å². The molecule has 0 aliphatic heterocycles. The van der Waals surface area contributed by atoms with Gasteiger partial charge < -0.3 is 10.1 Å². The van der Waals surface area contributed by atoms with E-state index in [1.807, 2.05) is 0 Å². The largest absolute Gasteiger partial charge is 0.464 e. The molecule has 0 radical (unpaired) electrons. The molecule has 0 unspecified atom stereocenters. The van der Waals surface area contributed by atoms with Gasteiger partial charge in [-0.1, -0.05) is 19.8 Å². The number of carbonyl (C=O) groups is 1. The summed E-state index contributed by atoms with van der Waals surface area (Å²) >= 11 is 0. The predicted molar refractivity (Wildman–Crippen MR) is 77.6 cm³/mol. The summed E-state index contributed by atoms with van der Waals surface area (Å²) in [6.07, 6.45) is 10.6. The van der Waals surface area contributed by atoms with Crippen molar-refractivity contribution in [1.29, 1.82) is 0 Å². The summed E-state index contributed by atoms with van der Waals surface area (Å²) < 4.78 is 4.65. The van der Waals surface area contributed by atoms with Gasteiger partial charge in [0.2, 0.25) is 0 Å². The molecule has 1 aromatic rings. The third-order valence-corrected chi connectivity index (χ3v) is 3.92. The Balaban J connectivity index is 1.89. The minimum absolute atomic E-state index is 0.247. The van der Waals surface area contributed by atoms with Crippen molar-refractivity contribution in [2.24, 2.45) is 5.92 Å². The van der Waals surface area contributed by atoms with E-state index < -0.39 is 5.97 Å². The SMILES string of the molecule is CCCC1CCC(Nc2cncc(C(=O)OC)n2)CC1. The highest BCUT2D eigenvalue weighted by Gasteiger charge is 2.21. The van der Waals surface area contributed by atoms with Gasteiger partial charge in [0, 0.05) is 6.04 Å². The van der Waals surface area contributed by atoms with Gasteiger partial charge in [0.1, 0.15) is 5.82 Å². The predicted octanol–water partition coefficient (Wildman–Crippen LogP) is 3.03. The number of nitrogens with one attached hydrogen (secondary N) is 1. The zero-order valence-electron chi connectivity index (χ0n) is 12.3. The van der Waals surface area contributed by atoms with Crippen molar-refractivity contribution in [1.82, 2.24) is 9.97 Å². The summed E-state index contributed by atoms with van der Waals surface area (Å²) in [4.78, 5) is 19.7. The number of hydrogen-bond donors (Lipinski definition) is 1. The van der Waals surface area contributed by atoms with Crippen LogP contribution in [0.15, 0.2) is 12.4 Å². The van der Waals surface area contributed by atoms with Crippen LogP contribution in [0.2, 0.25) is 0 Å². The number of anilines is 1. The van der Waals surface area contributed by atoms with E-state index in [-0.39, 0.29) is 5.69 Å². The third-order valence-electron chi connectivity index (χ3n) is 3.92. The van der Waals surface area contributed by atoms with E-state index >= 15 is 0 Å². The number of rotatable bonds is 5. The van der Waals surface area contributed by atoms with Gasteiger partial charge in [-0.05, 0) is 31.6 Å². The summed E-state index contributed by atoms with van der Waals surface area (Å²) in [6, 6.07) is 0.435. The van der Waals surface area contributed by atoms with Crippen LogP contribution in [0.1, 0.15) is 55.9 Å². The van der Waals surface area contributed by atoms with E-state index in [1.165, 1.54) is 39.0 Å². The molecule has 0 aromatic carbocycles. The van der Waals surface area contributed by atoms with Gasteiger partial charge in [-0.25, -0.2) is 9.78 Å². The molecule has 1 heterocycles. The topological polar surface area (TPSA) is 64.1 Å². The van der Waals surface area contributed by atoms with Gasteiger partial charge in [-0.3, -0.25) is 4.98 Å². The molecular weight excluding hydrogens is 254 g/mol. The van der Waals surface area contributed by atoms with E-state index in [2.05, 4.69) is 26.9 Å². The van der Waals surface area contributed by atoms with Crippen LogP contribution in [0.25, 0.3) is 0 Å². The Kier molecular flexibility index (Phi) is 5.32. The van der Waals surface area contributed by atoms with Crippen LogP contribution in [0.3, 0.4) is 0 Å². The van der Waals surface area contributed by atoms with E-state index in [9.17, 15) is 4.79 Å². The number of aromatic nitrogens is 2. The lowest BCUT2D eigenvalue weighted by Crippen LogP contribution is -2.26. The maximum absolute atomic E-state index is 11.4. The average Bonchev–Trinajstić information content (AvgIpc) is 2.49. The molecule has 0 spiro atoms. The Labute approximate surface area is 120 Å². The normalized spacial score (nSPS) is 22.3. The molecule has 1 saturated carbocycles. The number of methoxy groups -OCH3 is 1. The Morgan fingerprint density at radius 1 is 1.35 bits per heavy atom. The van der Waals surface area contributed by atoms with Crippen LogP contribution < -0.4 is 5.32 Å². The number of ether oxygens (including phenoxy) is 1. The molecule has 1 N–H and O–H groups in total. The van der Waals surface area contributed by atoms with Gasteiger partial charge >= 0.3 is 5.97 Å². The molecule has 1 aliphatic rings. The third kappa shape index (κ3) is 3.92. The second-order valence-corrected chi connectivity index (χ2v) is 5.43. The zero-order valence-corrected chi connectivity index (χ0v) is 12.3. The second kappa shape index (κ2) is 7.22. The van der Waals surface area contributed by atoms with Crippen molar-refractivity contribution in [3.05, 3.63) is 18.1 Å². The number of esters is 1. The van der Waals surface area contributed by atoms with Crippen molar-refractivity contribution in [3.63, 3.8) is 0 Å². The van der Waals surface area contributed by atoms with Crippen LogP contribution in [-0.2, 0) is 4.74 Å². The molecule has 110 valence electrons. The van der Waals surface area contributed by atoms with Crippen LogP contribution in [-0.4, -0.2) is 29.1 Å². The molecule has 1 fully saturated rings. The summed E-state index contributed by atoms with van der Waals surface area (Å²) in [5.41, 5.74) is 0.247. The molecule has 1 aliphatic carbocycles. The first-order chi connectivity index (χ1) is 9.72. The minimum atomic E-state index is -0.451. The smallest absolute Gasteiger partial charge is 0.358 e. The summed E-state index contributed by atoms with van der Waals surface area (Å²) in [5.74, 6) is 1.09. The molecular formula is C15H23N3O2. The van der Waals surface area contributed by atoms with Gasteiger partial charge in [0.25, 0.3) is 0 Å². The maximum Gasteiger partial charge on any atom is 0.358 e. The van der Waals surface area contributed by atoms with Crippen molar-refractivity contribution < 1.29 is 9.53 Å². The van der Waals surface area contributed by atoms with Gasteiger partial charge in [-0.2, -0.15) is 0 Å². The molecule has 0 amide bonds. The van der Waals surface area contributed by atoms with Crippen LogP contribution in [0, 0.1) is 5.92 Å². The van der Waals surface area contributed by atoms with Crippen molar-refractivity contribution in [2.75, 3.05) is 12.4 Å². The summed E-state index contributed by atoms with van der Waals surface area (Å²) in [7, 11) is 1.35. The van der Waals surface area contributed by atoms with Crippen molar-refractivity contribution in [3.8, 4) is 0 Å². The minimum Gasteiger partial charge on any atom is -0.464 e. The van der Waals surface area contributed by atoms with Crippen LogP contribution in [0.5, 0.6) is 0 Å². The Morgan fingerprint density at radius 2 is 2.10 bits per heavy atom. The molecule has 0 saturated heterocycles. The fourth-order valence-electron chi connectivity index (χ4n) is 2.85. The summed E-state index contributed by atoms with van der Waals surface area (Å²) in [6.45, 7) is 2.25. The lowest BCUT2D eigenvalue weighted by Gasteiger charge is -2.29. The molecule has 5 heteroatoms. The zero-order chi connectivity index (χ0) is 14.4. The lowest BCUT2D eigenvalue weighted by atomic mass is 9.83. The first-order valence-electron chi connectivity index (χ1n) is 7.39. The Hall–Kier alpha value is -1.65. The number of hydrogen-bond acceptors (Lipinski definition) is 5. The molecule has 20 heavy (non-hydrogen) atoms. The standard InChI is InChI=1S/C15H23N3O2/c1-3-4-11-5-7-12(8-6-11)17-14-10-16-9-13(18-14)15(19)20-2/h9-12H,3-8H2,1-2H3,(H,17,18). The highest BCUT2D eigenvalue weighted by molar-refractivity contribution is 5.87. The quantitative estimate of drug-likeness (QED) is 0.838. The highest BCUT2D eigenvalue weighted by Crippen LogP contribution is 2.29. The fraction of sp³-hybridized carbons (Fsp3) is 0.667. The van der Waals surface area contributed by atoms with Gasteiger partial charge in [-0.15, -0.1) is 0 Å². The second-order valence-electron chi connectivity index (χ2n) is 5.43. The van der Waals surface area contributed by atoms with E-state index in [0.29, 0.717) is 11.9 Å². The molecule has 2 rings (SSSR count). The number of nitrogens with zero attached hydrogens (tertiary/aromatic N) is 2. The average molecular weight is 277 g/mol. The molecule has 0 bridgehead atoms. The van der Waals surface area contributed by atoms with Gasteiger partial charge in [0.15, 0.2) is 5.69 Å². The van der Waals surface area contributed by atoms with Gasteiger partial charge in [0.05, 0.1) is 19.5 Å². The lowest BCUT2D eigenvalue weighted by molar-refractivity contribution is 0.0593.